The van der Waals surface area contributed by atoms with Gasteiger partial charge in [0.05, 0.1) is 6.42 Å². The maximum absolute atomic E-state index is 11.8. The number of hydrogen-bond donors (Lipinski definition) is 2. The number of benzene rings is 1. The van der Waals surface area contributed by atoms with Crippen LogP contribution in [-0.4, -0.2) is 11.9 Å². The van der Waals surface area contributed by atoms with Gasteiger partial charge in [0, 0.05) is 11.7 Å². The predicted octanol–water partition coefficient (Wildman–Crippen LogP) is 2.36. The first kappa shape index (κ1) is 13.6. The molecule has 17 heavy (non-hydrogen) atoms. The van der Waals surface area contributed by atoms with Crippen molar-refractivity contribution in [3.05, 3.63) is 29.8 Å². The molecule has 1 rings (SSSR count). The summed E-state index contributed by atoms with van der Waals surface area (Å²) in [5, 5.41) is 2.99. The van der Waals surface area contributed by atoms with Gasteiger partial charge in [0.25, 0.3) is 0 Å². The normalized spacial score (nSPS) is 12.5. The van der Waals surface area contributed by atoms with Crippen LogP contribution >= 0.6 is 0 Å². The Morgan fingerprint density at radius 3 is 2.53 bits per heavy atom. The third kappa shape index (κ3) is 4.89. The van der Waals surface area contributed by atoms with Crippen LogP contribution < -0.4 is 11.1 Å². The standard InChI is InChI=1S/C14H22N2O/c1-10(2)8-11(3)16-14(17)9-12-6-4-5-7-13(12)15/h4-7,10-11H,8-9,15H2,1-3H3,(H,16,17). The van der Waals surface area contributed by atoms with Crippen molar-refractivity contribution in [2.24, 2.45) is 5.92 Å². The molecule has 1 unspecified atom stereocenters. The third-order valence-corrected chi connectivity index (χ3v) is 2.64. The topological polar surface area (TPSA) is 55.1 Å². The van der Waals surface area contributed by atoms with Crippen molar-refractivity contribution in [3.8, 4) is 0 Å². The molecular weight excluding hydrogens is 212 g/mol. The molecule has 3 nitrogen and oxygen atoms in total. The van der Waals surface area contributed by atoms with Crippen LogP contribution in [0.15, 0.2) is 24.3 Å². The monoisotopic (exact) mass is 234 g/mol. The van der Waals surface area contributed by atoms with Crippen molar-refractivity contribution in [2.75, 3.05) is 5.73 Å². The summed E-state index contributed by atoms with van der Waals surface area (Å²) in [6.07, 6.45) is 1.35. The second-order valence-electron chi connectivity index (χ2n) is 4.97. The van der Waals surface area contributed by atoms with E-state index in [0.29, 0.717) is 18.0 Å². The fourth-order valence-corrected chi connectivity index (χ4v) is 1.96. The zero-order valence-corrected chi connectivity index (χ0v) is 10.9. The van der Waals surface area contributed by atoms with Gasteiger partial charge in [-0.1, -0.05) is 32.0 Å². The fraction of sp³-hybridized carbons (Fsp3) is 0.500. The number of nitrogens with two attached hydrogens (primary N) is 1. The van der Waals surface area contributed by atoms with Gasteiger partial charge in [0.2, 0.25) is 5.91 Å². The Morgan fingerprint density at radius 2 is 1.94 bits per heavy atom. The molecule has 0 aromatic heterocycles. The van der Waals surface area contributed by atoms with Gasteiger partial charge in [-0.3, -0.25) is 4.79 Å². The molecule has 0 aliphatic rings. The van der Waals surface area contributed by atoms with E-state index in [4.69, 9.17) is 5.73 Å². The van der Waals surface area contributed by atoms with Crippen molar-refractivity contribution in [1.29, 1.82) is 0 Å². The van der Waals surface area contributed by atoms with E-state index in [1.807, 2.05) is 31.2 Å². The molecule has 1 amide bonds. The Kier molecular flexibility index (Phi) is 5.01. The van der Waals surface area contributed by atoms with Crippen LogP contribution in [0.5, 0.6) is 0 Å². The van der Waals surface area contributed by atoms with Crippen LogP contribution in [0.25, 0.3) is 0 Å². The summed E-state index contributed by atoms with van der Waals surface area (Å²) in [6.45, 7) is 6.34. The lowest BCUT2D eigenvalue weighted by atomic mass is 10.0. The molecule has 3 N–H and O–H groups in total. The summed E-state index contributed by atoms with van der Waals surface area (Å²) in [7, 11) is 0. The van der Waals surface area contributed by atoms with Crippen LogP contribution in [0.4, 0.5) is 5.69 Å². The predicted molar refractivity (Wildman–Crippen MR) is 71.6 cm³/mol. The molecule has 0 bridgehead atoms. The first-order valence-corrected chi connectivity index (χ1v) is 6.11. The van der Waals surface area contributed by atoms with Crippen molar-refractivity contribution < 1.29 is 4.79 Å². The fourth-order valence-electron chi connectivity index (χ4n) is 1.96. The molecule has 1 aromatic carbocycles. The zero-order chi connectivity index (χ0) is 12.8. The summed E-state index contributed by atoms with van der Waals surface area (Å²) in [6, 6.07) is 7.70. The Labute approximate surface area is 103 Å². The lowest BCUT2D eigenvalue weighted by molar-refractivity contribution is -0.121. The first-order chi connectivity index (χ1) is 7.99. The number of nitrogens with one attached hydrogen (secondary N) is 1. The number of rotatable bonds is 5. The number of carbonyl (C=O) groups is 1. The van der Waals surface area contributed by atoms with Crippen LogP contribution in [0.2, 0.25) is 0 Å². The van der Waals surface area contributed by atoms with E-state index in [9.17, 15) is 4.79 Å². The lowest BCUT2D eigenvalue weighted by Crippen LogP contribution is -2.34. The van der Waals surface area contributed by atoms with Gasteiger partial charge in [-0.15, -0.1) is 0 Å². The van der Waals surface area contributed by atoms with Crippen LogP contribution in [0.3, 0.4) is 0 Å². The van der Waals surface area contributed by atoms with Crippen LogP contribution in [0, 0.1) is 5.92 Å². The van der Waals surface area contributed by atoms with E-state index >= 15 is 0 Å². The lowest BCUT2D eigenvalue weighted by Gasteiger charge is -2.16. The average molecular weight is 234 g/mol. The highest BCUT2D eigenvalue weighted by Crippen LogP contribution is 2.11. The van der Waals surface area contributed by atoms with E-state index in [-0.39, 0.29) is 11.9 Å². The number of amides is 1. The van der Waals surface area contributed by atoms with E-state index in [1.165, 1.54) is 0 Å². The number of nitrogen functional groups attached to an aromatic ring is 1. The second kappa shape index (κ2) is 6.28. The van der Waals surface area contributed by atoms with Crippen molar-refractivity contribution in [2.45, 2.75) is 39.7 Å². The quantitative estimate of drug-likeness (QED) is 0.768. The minimum absolute atomic E-state index is 0.0380. The molecule has 1 aromatic rings. The molecule has 3 heteroatoms. The summed E-state index contributed by atoms with van der Waals surface area (Å²) >= 11 is 0. The number of hydrogen-bond acceptors (Lipinski definition) is 2. The molecule has 94 valence electrons. The highest BCUT2D eigenvalue weighted by atomic mass is 16.1. The van der Waals surface area contributed by atoms with E-state index in [1.54, 1.807) is 0 Å². The highest BCUT2D eigenvalue weighted by molar-refractivity contribution is 5.80. The Bertz CT molecular complexity index is 374. The molecule has 0 spiro atoms. The zero-order valence-electron chi connectivity index (χ0n) is 10.9. The number of anilines is 1. The van der Waals surface area contributed by atoms with Crippen molar-refractivity contribution in [1.82, 2.24) is 5.32 Å². The van der Waals surface area contributed by atoms with Gasteiger partial charge in [-0.05, 0) is 30.9 Å². The van der Waals surface area contributed by atoms with Crippen molar-refractivity contribution >= 4 is 11.6 Å². The molecule has 0 aliphatic carbocycles. The number of carbonyl (C=O) groups excluding carboxylic acids is 1. The van der Waals surface area contributed by atoms with Gasteiger partial charge in [-0.2, -0.15) is 0 Å². The maximum Gasteiger partial charge on any atom is 0.224 e. The van der Waals surface area contributed by atoms with Crippen molar-refractivity contribution in [3.63, 3.8) is 0 Å². The van der Waals surface area contributed by atoms with Crippen LogP contribution in [-0.2, 0) is 11.2 Å². The molecule has 0 radical (unpaired) electrons. The molecule has 0 fully saturated rings. The molecule has 0 aliphatic heterocycles. The van der Waals surface area contributed by atoms with E-state index < -0.39 is 0 Å². The van der Waals surface area contributed by atoms with Gasteiger partial charge in [0.15, 0.2) is 0 Å². The van der Waals surface area contributed by atoms with Gasteiger partial charge in [0.1, 0.15) is 0 Å². The van der Waals surface area contributed by atoms with Gasteiger partial charge in [-0.25, -0.2) is 0 Å². The molecule has 0 saturated carbocycles. The third-order valence-electron chi connectivity index (χ3n) is 2.64. The Morgan fingerprint density at radius 1 is 1.29 bits per heavy atom. The first-order valence-electron chi connectivity index (χ1n) is 6.11. The summed E-state index contributed by atoms with van der Waals surface area (Å²) in [5.41, 5.74) is 7.37. The summed E-state index contributed by atoms with van der Waals surface area (Å²) in [5.74, 6) is 0.628. The SMILES string of the molecule is CC(C)CC(C)NC(=O)Cc1ccccc1N. The van der Waals surface area contributed by atoms with E-state index in [0.717, 1.165) is 12.0 Å². The minimum atomic E-state index is 0.0380. The smallest absolute Gasteiger partial charge is 0.224 e. The summed E-state index contributed by atoms with van der Waals surface area (Å²) in [4.78, 5) is 11.8. The highest BCUT2D eigenvalue weighted by Gasteiger charge is 2.10. The largest absolute Gasteiger partial charge is 0.398 e. The summed E-state index contributed by atoms with van der Waals surface area (Å²) < 4.78 is 0. The molecule has 0 saturated heterocycles. The molecule has 1 atom stereocenters. The maximum atomic E-state index is 11.8. The minimum Gasteiger partial charge on any atom is -0.398 e. The van der Waals surface area contributed by atoms with Gasteiger partial charge >= 0.3 is 0 Å². The van der Waals surface area contributed by atoms with Gasteiger partial charge < -0.3 is 11.1 Å². The van der Waals surface area contributed by atoms with E-state index in [2.05, 4.69) is 19.2 Å². The molecule has 0 heterocycles. The molecular formula is C14H22N2O. The van der Waals surface area contributed by atoms with Crippen LogP contribution in [0.1, 0.15) is 32.8 Å². The average Bonchev–Trinajstić information content (AvgIpc) is 2.19. The second-order valence-corrected chi connectivity index (χ2v) is 4.97. The Hall–Kier alpha value is -1.51. The Balaban J connectivity index is 2.47. The number of para-hydroxylation sites is 1.